The van der Waals surface area contributed by atoms with Gasteiger partial charge in [-0.1, -0.05) is 32.1 Å². The number of carboxylic acids is 1. The van der Waals surface area contributed by atoms with Crippen LogP contribution in [0.5, 0.6) is 11.6 Å². The summed E-state index contributed by atoms with van der Waals surface area (Å²) in [5.41, 5.74) is -0.534. The largest absolute Gasteiger partial charge is 0.501 e. The Morgan fingerprint density at radius 2 is 1.83 bits per heavy atom. The SMILES string of the molecule is O=C(O)c1nc(CC2CCCCC2)nc(O)c1O. The topological polar surface area (TPSA) is 104 Å². The van der Waals surface area contributed by atoms with Crippen molar-refractivity contribution < 1.29 is 20.1 Å². The second-order valence-electron chi connectivity index (χ2n) is 4.67. The van der Waals surface area contributed by atoms with Gasteiger partial charge in [-0.15, -0.1) is 0 Å². The van der Waals surface area contributed by atoms with Crippen molar-refractivity contribution in [2.75, 3.05) is 0 Å². The Balaban J connectivity index is 2.20. The van der Waals surface area contributed by atoms with Crippen LogP contribution in [0.3, 0.4) is 0 Å². The van der Waals surface area contributed by atoms with E-state index in [0.717, 1.165) is 12.8 Å². The monoisotopic (exact) mass is 252 g/mol. The minimum Gasteiger partial charge on any atom is -0.501 e. The quantitative estimate of drug-likeness (QED) is 0.756. The lowest BCUT2D eigenvalue weighted by Gasteiger charge is -2.20. The Hall–Kier alpha value is -1.85. The Kier molecular flexibility index (Phi) is 3.64. The average molecular weight is 252 g/mol. The molecule has 1 heterocycles. The van der Waals surface area contributed by atoms with Gasteiger partial charge in [0.1, 0.15) is 5.82 Å². The van der Waals surface area contributed by atoms with Crippen molar-refractivity contribution in [1.82, 2.24) is 9.97 Å². The van der Waals surface area contributed by atoms with Crippen molar-refractivity contribution in [2.24, 2.45) is 5.92 Å². The predicted molar refractivity (Wildman–Crippen MR) is 62.6 cm³/mol. The first-order chi connectivity index (χ1) is 8.58. The molecule has 18 heavy (non-hydrogen) atoms. The van der Waals surface area contributed by atoms with Crippen LogP contribution in [0.4, 0.5) is 0 Å². The molecule has 0 saturated heterocycles. The molecule has 0 amide bonds. The first-order valence-electron chi connectivity index (χ1n) is 6.10. The minimum atomic E-state index is -1.37. The lowest BCUT2D eigenvalue weighted by Crippen LogP contribution is -2.13. The van der Waals surface area contributed by atoms with Crippen molar-refractivity contribution in [3.63, 3.8) is 0 Å². The van der Waals surface area contributed by atoms with Gasteiger partial charge >= 0.3 is 5.97 Å². The van der Waals surface area contributed by atoms with E-state index < -0.39 is 23.3 Å². The molecule has 1 fully saturated rings. The zero-order valence-electron chi connectivity index (χ0n) is 9.96. The van der Waals surface area contributed by atoms with Crippen LogP contribution >= 0.6 is 0 Å². The summed E-state index contributed by atoms with van der Waals surface area (Å²) < 4.78 is 0. The fourth-order valence-electron chi connectivity index (χ4n) is 2.38. The van der Waals surface area contributed by atoms with Crippen LogP contribution in [0.1, 0.15) is 48.4 Å². The Bertz CT molecular complexity index is 456. The van der Waals surface area contributed by atoms with E-state index in [2.05, 4.69) is 9.97 Å². The molecule has 98 valence electrons. The van der Waals surface area contributed by atoms with Crippen LogP contribution in [0.25, 0.3) is 0 Å². The minimum absolute atomic E-state index is 0.287. The highest BCUT2D eigenvalue weighted by atomic mass is 16.4. The Morgan fingerprint density at radius 3 is 2.44 bits per heavy atom. The Morgan fingerprint density at radius 1 is 1.17 bits per heavy atom. The van der Waals surface area contributed by atoms with E-state index in [4.69, 9.17) is 5.11 Å². The molecule has 0 bridgehead atoms. The summed E-state index contributed by atoms with van der Waals surface area (Å²) in [6, 6.07) is 0. The molecule has 0 atom stereocenters. The van der Waals surface area contributed by atoms with E-state index in [9.17, 15) is 15.0 Å². The normalized spacial score (nSPS) is 16.7. The third kappa shape index (κ3) is 2.69. The zero-order chi connectivity index (χ0) is 13.1. The van der Waals surface area contributed by atoms with Crippen LogP contribution < -0.4 is 0 Å². The fraction of sp³-hybridized carbons (Fsp3) is 0.583. The molecule has 1 aromatic heterocycles. The standard InChI is InChI=1S/C12H16N2O4/c15-10-9(12(17)18)13-8(14-11(10)16)6-7-4-2-1-3-5-7/h7,15H,1-6H2,(H,17,18)(H,13,14,16). The van der Waals surface area contributed by atoms with Gasteiger partial charge < -0.3 is 15.3 Å². The van der Waals surface area contributed by atoms with Crippen LogP contribution in [0.2, 0.25) is 0 Å². The van der Waals surface area contributed by atoms with Gasteiger partial charge in [0.05, 0.1) is 0 Å². The second-order valence-corrected chi connectivity index (χ2v) is 4.67. The van der Waals surface area contributed by atoms with Crippen molar-refractivity contribution in [2.45, 2.75) is 38.5 Å². The number of hydrogen-bond acceptors (Lipinski definition) is 5. The lowest BCUT2D eigenvalue weighted by atomic mass is 9.87. The summed E-state index contributed by atoms with van der Waals surface area (Å²) in [6.07, 6.45) is 6.27. The maximum Gasteiger partial charge on any atom is 0.358 e. The summed E-state index contributed by atoms with van der Waals surface area (Å²) in [7, 11) is 0. The second kappa shape index (κ2) is 5.20. The molecule has 6 heteroatoms. The van der Waals surface area contributed by atoms with Gasteiger partial charge in [-0.3, -0.25) is 0 Å². The van der Waals surface area contributed by atoms with Gasteiger partial charge in [-0.05, 0) is 5.92 Å². The molecule has 0 unspecified atom stereocenters. The number of nitrogens with zero attached hydrogens (tertiary/aromatic N) is 2. The molecule has 0 aromatic carbocycles. The first-order valence-corrected chi connectivity index (χ1v) is 6.10. The van der Waals surface area contributed by atoms with Crippen LogP contribution in [-0.2, 0) is 6.42 Å². The van der Waals surface area contributed by atoms with Crippen molar-refractivity contribution in [3.05, 3.63) is 11.5 Å². The van der Waals surface area contributed by atoms with Gasteiger partial charge in [0.25, 0.3) is 5.88 Å². The highest BCUT2D eigenvalue weighted by Gasteiger charge is 2.21. The molecule has 1 saturated carbocycles. The van der Waals surface area contributed by atoms with E-state index in [0.29, 0.717) is 12.3 Å². The predicted octanol–water partition coefficient (Wildman–Crippen LogP) is 1.71. The summed E-state index contributed by atoms with van der Waals surface area (Å²) in [5, 5.41) is 27.6. The van der Waals surface area contributed by atoms with Crippen molar-refractivity contribution in [3.8, 4) is 11.6 Å². The summed E-state index contributed by atoms with van der Waals surface area (Å²) in [5.74, 6) is -2.07. The molecular formula is C12H16N2O4. The number of carbonyl (C=O) groups is 1. The van der Waals surface area contributed by atoms with Crippen LogP contribution in [0, 0.1) is 5.92 Å². The first kappa shape index (κ1) is 12.6. The van der Waals surface area contributed by atoms with E-state index in [1.807, 2.05) is 0 Å². The molecule has 1 aliphatic carbocycles. The molecule has 2 rings (SSSR count). The van der Waals surface area contributed by atoms with Crippen molar-refractivity contribution in [1.29, 1.82) is 0 Å². The number of aromatic carboxylic acids is 1. The smallest absolute Gasteiger partial charge is 0.358 e. The van der Waals surface area contributed by atoms with Crippen molar-refractivity contribution >= 4 is 5.97 Å². The van der Waals surface area contributed by atoms with Gasteiger partial charge in [0, 0.05) is 6.42 Å². The zero-order valence-corrected chi connectivity index (χ0v) is 9.96. The number of hydrogen-bond donors (Lipinski definition) is 3. The number of rotatable bonds is 3. The van der Waals surface area contributed by atoms with E-state index in [1.54, 1.807) is 0 Å². The Labute approximate surface area is 104 Å². The highest BCUT2D eigenvalue weighted by molar-refractivity contribution is 5.89. The molecule has 0 spiro atoms. The molecule has 3 N–H and O–H groups in total. The highest BCUT2D eigenvalue weighted by Crippen LogP contribution is 2.29. The average Bonchev–Trinajstić information content (AvgIpc) is 2.34. The van der Waals surface area contributed by atoms with E-state index in [-0.39, 0.29) is 5.82 Å². The maximum atomic E-state index is 10.9. The molecule has 1 aliphatic rings. The van der Waals surface area contributed by atoms with Crippen LogP contribution in [-0.4, -0.2) is 31.3 Å². The molecule has 0 radical (unpaired) electrons. The maximum absolute atomic E-state index is 10.9. The van der Waals surface area contributed by atoms with Gasteiger partial charge in [-0.25, -0.2) is 9.78 Å². The number of aromatic hydroxyl groups is 2. The summed E-state index contributed by atoms with van der Waals surface area (Å²) in [6.45, 7) is 0. The fourth-order valence-corrected chi connectivity index (χ4v) is 2.38. The van der Waals surface area contributed by atoms with Gasteiger partial charge in [0.2, 0.25) is 5.75 Å². The third-order valence-corrected chi connectivity index (χ3v) is 3.31. The molecule has 1 aromatic rings. The summed E-state index contributed by atoms with van der Waals surface area (Å²) >= 11 is 0. The van der Waals surface area contributed by atoms with Crippen LogP contribution in [0.15, 0.2) is 0 Å². The third-order valence-electron chi connectivity index (χ3n) is 3.31. The number of aromatic nitrogens is 2. The van der Waals surface area contributed by atoms with E-state index >= 15 is 0 Å². The lowest BCUT2D eigenvalue weighted by molar-refractivity contribution is 0.0685. The number of carboxylic acid groups (broad SMARTS) is 1. The van der Waals surface area contributed by atoms with Gasteiger partial charge in [0.15, 0.2) is 5.69 Å². The molecule has 6 nitrogen and oxygen atoms in total. The molecule has 0 aliphatic heterocycles. The van der Waals surface area contributed by atoms with E-state index in [1.165, 1.54) is 19.3 Å². The molecular weight excluding hydrogens is 236 g/mol. The van der Waals surface area contributed by atoms with Gasteiger partial charge in [-0.2, -0.15) is 4.98 Å². The summed E-state index contributed by atoms with van der Waals surface area (Å²) in [4.78, 5) is 18.4.